The number of benzene rings is 1. The van der Waals surface area contributed by atoms with E-state index in [2.05, 4.69) is 63.3 Å². The fraction of sp³-hybridized carbons (Fsp3) is 0.684. The first-order valence-corrected chi connectivity index (χ1v) is 8.28. The summed E-state index contributed by atoms with van der Waals surface area (Å²) in [6, 6.07) is 11.2. The van der Waals surface area contributed by atoms with E-state index in [0.717, 1.165) is 12.5 Å². The second-order valence-corrected chi connectivity index (χ2v) is 7.46. The smallest absolute Gasteiger partial charge is 0.0103 e. The summed E-state index contributed by atoms with van der Waals surface area (Å²) < 4.78 is 0. The lowest BCUT2D eigenvalue weighted by atomic mass is 9.67. The number of hydrogen-bond acceptors (Lipinski definition) is 1. The summed E-state index contributed by atoms with van der Waals surface area (Å²) in [6.07, 6.45) is 6.84. The van der Waals surface area contributed by atoms with E-state index < -0.39 is 0 Å². The maximum Gasteiger partial charge on any atom is 0.0103 e. The standard InChI is InChI=1S/C19H31N/c1-5-19(15-20-18(2,3)4,17-13-9-10-14-17)16-11-7-6-8-12-16/h6-8,11-12,17,20H,5,9-10,13-15H2,1-4H3. The van der Waals surface area contributed by atoms with Crippen LogP contribution in [0.5, 0.6) is 0 Å². The van der Waals surface area contributed by atoms with Crippen molar-refractivity contribution in [1.29, 1.82) is 0 Å². The van der Waals surface area contributed by atoms with Crippen molar-refractivity contribution in [3.8, 4) is 0 Å². The highest BCUT2D eigenvalue weighted by Crippen LogP contribution is 2.44. The first-order valence-electron chi connectivity index (χ1n) is 8.28. The molecule has 0 aliphatic heterocycles. The molecular weight excluding hydrogens is 242 g/mol. The monoisotopic (exact) mass is 273 g/mol. The molecule has 0 spiro atoms. The van der Waals surface area contributed by atoms with Crippen LogP contribution in [-0.2, 0) is 5.41 Å². The molecule has 0 heterocycles. The molecule has 112 valence electrons. The van der Waals surface area contributed by atoms with Crippen LogP contribution in [0.3, 0.4) is 0 Å². The van der Waals surface area contributed by atoms with Crippen molar-refractivity contribution >= 4 is 0 Å². The van der Waals surface area contributed by atoms with Crippen LogP contribution in [0, 0.1) is 5.92 Å². The third kappa shape index (κ3) is 3.44. The second-order valence-electron chi connectivity index (χ2n) is 7.46. The highest BCUT2D eigenvalue weighted by atomic mass is 15.0. The Hall–Kier alpha value is -0.820. The molecule has 1 aliphatic carbocycles. The van der Waals surface area contributed by atoms with Gasteiger partial charge in [-0.3, -0.25) is 0 Å². The van der Waals surface area contributed by atoms with Gasteiger partial charge in [-0.15, -0.1) is 0 Å². The van der Waals surface area contributed by atoms with E-state index in [4.69, 9.17) is 0 Å². The molecule has 0 radical (unpaired) electrons. The minimum atomic E-state index is 0.188. The van der Waals surface area contributed by atoms with Gasteiger partial charge >= 0.3 is 0 Å². The average molecular weight is 273 g/mol. The molecule has 1 saturated carbocycles. The summed E-state index contributed by atoms with van der Waals surface area (Å²) in [7, 11) is 0. The zero-order valence-electron chi connectivity index (χ0n) is 13.7. The Morgan fingerprint density at radius 1 is 1.05 bits per heavy atom. The van der Waals surface area contributed by atoms with Gasteiger partial charge in [-0.05, 0) is 51.5 Å². The molecule has 0 aromatic heterocycles. The van der Waals surface area contributed by atoms with Crippen molar-refractivity contribution in [2.75, 3.05) is 6.54 Å². The zero-order chi connectivity index (χ0) is 14.6. The average Bonchev–Trinajstić information content (AvgIpc) is 2.95. The molecule has 1 atom stereocenters. The summed E-state index contributed by atoms with van der Waals surface area (Å²) in [5.74, 6) is 0.838. The van der Waals surface area contributed by atoms with E-state index in [9.17, 15) is 0 Å². The molecule has 0 bridgehead atoms. The van der Waals surface area contributed by atoms with Crippen molar-refractivity contribution in [3.63, 3.8) is 0 Å². The minimum absolute atomic E-state index is 0.188. The molecular formula is C19H31N. The predicted molar refractivity (Wildman–Crippen MR) is 88.1 cm³/mol. The van der Waals surface area contributed by atoms with E-state index in [1.807, 2.05) is 0 Å². The van der Waals surface area contributed by atoms with Crippen molar-refractivity contribution in [1.82, 2.24) is 5.32 Å². The molecule has 1 aromatic carbocycles. The van der Waals surface area contributed by atoms with E-state index >= 15 is 0 Å². The molecule has 0 amide bonds. The Morgan fingerprint density at radius 2 is 1.65 bits per heavy atom. The summed E-state index contributed by atoms with van der Waals surface area (Å²) >= 11 is 0. The van der Waals surface area contributed by atoms with Gasteiger partial charge in [0.25, 0.3) is 0 Å². The highest BCUT2D eigenvalue weighted by Gasteiger charge is 2.40. The molecule has 0 saturated heterocycles. The van der Waals surface area contributed by atoms with Crippen molar-refractivity contribution < 1.29 is 0 Å². The van der Waals surface area contributed by atoms with E-state index in [0.29, 0.717) is 5.41 Å². The minimum Gasteiger partial charge on any atom is -0.311 e. The largest absolute Gasteiger partial charge is 0.311 e. The van der Waals surface area contributed by atoms with Gasteiger partial charge < -0.3 is 5.32 Å². The van der Waals surface area contributed by atoms with Crippen LogP contribution in [0.4, 0.5) is 0 Å². The molecule has 1 unspecified atom stereocenters. The quantitative estimate of drug-likeness (QED) is 0.803. The molecule has 20 heavy (non-hydrogen) atoms. The molecule has 1 aromatic rings. The molecule has 1 nitrogen and oxygen atoms in total. The summed E-state index contributed by atoms with van der Waals surface area (Å²) in [6.45, 7) is 10.3. The molecule has 1 heteroatoms. The van der Waals surface area contributed by atoms with E-state index in [1.165, 1.54) is 37.7 Å². The Labute approximate surface area is 125 Å². The summed E-state index contributed by atoms with van der Waals surface area (Å²) in [4.78, 5) is 0. The summed E-state index contributed by atoms with van der Waals surface area (Å²) in [5, 5.41) is 3.79. The second kappa shape index (κ2) is 6.30. The van der Waals surface area contributed by atoms with Crippen molar-refractivity contribution in [2.24, 2.45) is 5.92 Å². The van der Waals surface area contributed by atoms with Crippen molar-refractivity contribution in [3.05, 3.63) is 35.9 Å². The number of hydrogen-bond donors (Lipinski definition) is 1. The van der Waals surface area contributed by atoms with Gasteiger partial charge in [0.2, 0.25) is 0 Å². The normalized spacial score (nSPS) is 20.0. The topological polar surface area (TPSA) is 12.0 Å². The van der Waals surface area contributed by atoms with E-state index in [-0.39, 0.29) is 5.54 Å². The zero-order valence-corrected chi connectivity index (χ0v) is 13.7. The van der Waals surface area contributed by atoms with Crippen molar-refractivity contribution in [2.45, 2.75) is 70.8 Å². The molecule has 2 rings (SSSR count). The number of nitrogens with one attached hydrogen (secondary N) is 1. The fourth-order valence-corrected chi connectivity index (χ4v) is 3.77. The van der Waals surface area contributed by atoms with Crippen LogP contribution in [0.25, 0.3) is 0 Å². The van der Waals surface area contributed by atoms with Gasteiger partial charge in [0.1, 0.15) is 0 Å². The van der Waals surface area contributed by atoms with Crippen LogP contribution in [-0.4, -0.2) is 12.1 Å². The fourth-order valence-electron chi connectivity index (χ4n) is 3.77. The van der Waals surface area contributed by atoms with Crippen LogP contribution in [0.15, 0.2) is 30.3 Å². The van der Waals surface area contributed by atoms with Gasteiger partial charge in [-0.2, -0.15) is 0 Å². The van der Waals surface area contributed by atoms with Gasteiger partial charge in [0.05, 0.1) is 0 Å². The van der Waals surface area contributed by atoms with Crippen LogP contribution in [0.2, 0.25) is 0 Å². The van der Waals surface area contributed by atoms with Gasteiger partial charge in [0, 0.05) is 17.5 Å². The van der Waals surface area contributed by atoms with Crippen LogP contribution in [0.1, 0.15) is 65.4 Å². The first-order chi connectivity index (χ1) is 9.48. The first kappa shape index (κ1) is 15.6. The Balaban J connectivity index is 2.30. The molecule has 1 N–H and O–H groups in total. The highest BCUT2D eigenvalue weighted by molar-refractivity contribution is 5.27. The Bertz CT molecular complexity index is 398. The molecule has 1 aliphatic rings. The Morgan fingerprint density at radius 3 is 2.15 bits per heavy atom. The lowest BCUT2D eigenvalue weighted by Gasteiger charge is -2.41. The van der Waals surface area contributed by atoms with Crippen LogP contribution < -0.4 is 5.32 Å². The maximum atomic E-state index is 3.79. The summed E-state index contributed by atoms with van der Waals surface area (Å²) in [5.41, 5.74) is 2.03. The lowest BCUT2D eigenvalue weighted by molar-refractivity contribution is 0.226. The van der Waals surface area contributed by atoms with Gasteiger partial charge in [-0.1, -0.05) is 50.1 Å². The predicted octanol–water partition coefficient (Wildman–Crippen LogP) is 4.91. The maximum absolute atomic E-state index is 3.79. The lowest BCUT2D eigenvalue weighted by Crippen LogP contribution is -2.49. The van der Waals surface area contributed by atoms with Crippen LogP contribution >= 0.6 is 0 Å². The molecule has 1 fully saturated rings. The van der Waals surface area contributed by atoms with E-state index in [1.54, 1.807) is 0 Å². The SMILES string of the molecule is CCC(CNC(C)(C)C)(c1ccccc1)C1CCCC1. The Kier molecular flexibility index (Phi) is 4.90. The third-order valence-corrected chi connectivity index (χ3v) is 5.05. The van der Waals surface area contributed by atoms with Gasteiger partial charge in [0.15, 0.2) is 0 Å². The van der Waals surface area contributed by atoms with Gasteiger partial charge in [-0.25, -0.2) is 0 Å². The third-order valence-electron chi connectivity index (χ3n) is 5.05. The number of rotatable bonds is 5.